The Morgan fingerprint density at radius 1 is 1.42 bits per heavy atom. The zero-order valence-electron chi connectivity index (χ0n) is 10.5. The summed E-state index contributed by atoms with van der Waals surface area (Å²) >= 11 is 0. The third-order valence-electron chi connectivity index (χ3n) is 3.40. The maximum Gasteiger partial charge on any atom is 0.257 e. The first-order valence-corrected chi connectivity index (χ1v) is 6.37. The minimum Gasteiger partial charge on any atom is -0.463 e. The number of rotatable bonds is 2. The molecule has 0 radical (unpaired) electrons. The third-order valence-corrected chi connectivity index (χ3v) is 3.40. The van der Waals surface area contributed by atoms with E-state index in [1.165, 1.54) is 6.26 Å². The summed E-state index contributed by atoms with van der Waals surface area (Å²) in [7, 11) is 0. The molecule has 1 saturated heterocycles. The molecular weight excluding hydrogens is 244 g/mol. The Bertz CT molecular complexity index is 593. The van der Waals surface area contributed by atoms with Crippen LogP contribution in [0.25, 0.3) is 11.0 Å². The van der Waals surface area contributed by atoms with Crippen molar-refractivity contribution in [2.24, 2.45) is 5.73 Å². The number of nitrogens with zero attached hydrogens (tertiary/aromatic N) is 1. The lowest BCUT2D eigenvalue weighted by atomic mass is 10.1. The van der Waals surface area contributed by atoms with Crippen LogP contribution in [0.15, 0.2) is 34.9 Å². The van der Waals surface area contributed by atoms with Gasteiger partial charge in [-0.15, -0.1) is 0 Å². The molecule has 2 N–H and O–H groups in total. The van der Waals surface area contributed by atoms with Crippen molar-refractivity contribution >= 4 is 16.9 Å². The molecule has 5 heteroatoms. The third kappa shape index (κ3) is 2.22. The van der Waals surface area contributed by atoms with Gasteiger partial charge in [-0.1, -0.05) is 18.2 Å². The second kappa shape index (κ2) is 5.03. The fraction of sp³-hybridized carbons (Fsp3) is 0.357. The molecular formula is C14H16N2O3. The Morgan fingerprint density at radius 2 is 2.26 bits per heavy atom. The molecule has 1 aromatic carbocycles. The van der Waals surface area contributed by atoms with Crippen LogP contribution in [-0.4, -0.2) is 43.2 Å². The van der Waals surface area contributed by atoms with E-state index in [1.807, 2.05) is 24.3 Å². The molecule has 100 valence electrons. The first-order valence-electron chi connectivity index (χ1n) is 6.37. The van der Waals surface area contributed by atoms with Crippen LogP contribution in [0.4, 0.5) is 0 Å². The summed E-state index contributed by atoms with van der Waals surface area (Å²) in [6.45, 7) is 2.09. The Balaban J connectivity index is 1.87. The number of ether oxygens (including phenoxy) is 1. The van der Waals surface area contributed by atoms with Gasteiger partial charge < -0.3 is 19.8 Å². The molecule has 1 aromatic heterocycles. The van der Waals surface area contributed by atoms with Crippen molar-refractivity contribution in [3.05, 3.63) is 36.1 Å². The van der Waals surface area contributed by atoms with E-state index in [9.17, 15) is 4.79 Å². The van der Waals surface area contributed by atoms with Crippen LogP contribution in [0.1, 0.15) is 10.4 Å². The normalized spacial score (nSPS) is 19.8. The minimum absolute atomic E-state index is 0.0216. The van der Waals surface area contributed by atoms with Crippen molar-refractivity contribution in [3.8, 4) is 0 Å². The first-order chi connectivity index (χ1) is 9.29. The van der Waals surface area contributed by atoms with Crippen LogP contribution >= 0.6 is 0 Å². The fourth-order valence-electron chi connectivity index (χ4n) is 2.36. The molecule has 0 aliphatic carbocycles. The molecule has 1 atom stereocenters. The van der Waals surface area contributed by atoms with Crippen molar-refractivity contribution in [2.75, 3.05) is 26.2 Å². The van der Waals surface area contributed by atoms with Crippen LogP contribution in [0, 0.1) is 0 Å². The molecule has 0 saturated carbocycles. The van der Waals surface area contributed by atoms with Crippen molar-refractivity contribution in [3.63, 3.8) is 0 Å². The highest BCUT2D eigenvalue weighted by molar-refractivity contribution is 6.05. The first kappa shape index (κ1) is 12.2. The van der Waals surface area contributed by atoms with Gasteiger partial charge in [-0.05, 0) is 6.07 Å². The van der Waals surface area contributed by atoms with Gasteiger partial charge in [0.2, 0.25) is 0 Å². The number of nitrogens with two attached hydrogens (primary N) is 1. The highest BCUT2D eigenvalue weighted by atomic mass is 16.5. The summed E-state index contributed by atoms with van der Waals surface area (Å²) in [6.07, 6.45) is 1.45. The van der Waals surface area contributed by atoms with Crippen LogP contribution in [-0.2, 0) is 4.74 Å². The van der Waals surface area contributed by atoms with Crippen LogP contribution in [0.5, 0.6) is 0 Å². The highest BCUT2D eigenvalue weighted by Gasteiger charge is 2.26. The maximum atomic E-state index is 12.5. The van der Waals surface area contributed by atoms with Gasteiger partial charge in [0.25, 0.3) is 5.91 Å². The monoisotopic (exact) mass is 260 g/mol. The van der Waals surface area contributed by atoms with Crippen LogP contribution in [0.2, 0.25) is 0 Å². The Kier molecular flexibility index (Phi) is 3.23. The molecule has 1 aliphatic heterocycles. The standard InChI is InChI=1S/C14H16N2O3/c15-7-10-8-16(5-6-18-10)14(17)12-9-19-13-4-2-1-3-11(12)13/h1-4,9-10H,5-8,15H2/t10-/m1/s1. The molecule has 1 fully saturated rings. The van der Waals surface area contributed by atoms with Crippen molar-refractivity contribution in [1.82, 2.24) is 4.90 Å². The molecule has 0 spiro atoms. The quantitative estimate of drug-likeness (QED) is 0.881. The van der Waals surface area contributed by atoms with E-state index >= 15 is 0 Å². The van der Waals surface area contributed by atoms with E-state index in [1.54, 1.807) is 4.90 Å². The number of hydrogen-bond acceptors (Lipinski definition) is 4. The van der Waals surface area contributed by atoms with Gasteiger partial charge >= 0.3 is 0 Å². The van der Waals surface area contributed by atoms with Crippen molar-refractivity contribution in [1.29, 1.82) is 0 Å². The van der Waals surface area contributed by atoms with Gasteiger partial charge in [0, 0.05) is 25.0 Å². The average molecular weight is 260 g/mol. The van der Waals surface area contributed by atoms with E-state index in [-0.39, 0.29) is 12.0 Å². The Hall–Kier alpha value is -1.85. The second-order valence-corrected chi connectivity index (χ2v) is 4.63. The summed E-state index contributed by atoms with van der Waals surface area (Å²) in [6, 6.07) is 7.54. The molecule has 1 amide bonds. The SMILES string of the molecule is NC[C@@H]1CN(C(=O)c2coc3ccccc23)CCO1. The molecule has 2 heterocycles. The summed E-state index contributed by atoms with van der Waals surface area (Å²) in [5, 5.41) is 0.850. The van der Waals surface area contributed by atoms with Gasteiger partial charge in [0.15, 0.2) is 0 Å². The number of amides is 1. The van der Waals surface area contributed by atoms with E-state index in [0.29, 0.717) is 31.8 Å². The van der Waals surface area contributed by atoms with Gasteiger partial charge in [0.1, 0.15) is 11.8 Å². The summed E-state index contributed by atoms with van der Waals surface area (Å²) in [5.41, 5.74) is 6.93. The topological polar surface area (TPSA) is 68.7 Å². The van der Waals surface area contributed by atoms with Crippen LogP contribution in [0.3, 0.4) is 0 Å². The van der Waals surface area contributed by atoms with E-state index in [0.717, 1.165) is 11.0 Å². The number of furan rings is 1. The number of carbonyl (C=O) groups excluding carboxylic acids is 1. The number of carbonyl (C=O) groups is 1. The number of fused-ring (bicyclic) bond motifs is 1. The zero-order valence-corrected chi connectivity index (χ0v) is 10.5. The predicted octanol–water partition coefficient (Wildman–Crippen LogP) is 1.23. The molecule has 5 nitrogen and oxygen atoms in total. The smallest absolute Gasteiger partial charge is 0.257 e. The lowest BCUT2D eigenvalue weighted by Gasteiger charge is -2.32. The fourth-order valence-corrected chi connectivity index (χ4v) is 2.36. The second-order valence-electron chi connectivity index (χ2n) is 4.63. The summed E-state index contributed by atoms with van der Waals surface area (Å²) in [4.78, 5) is 14.3. The number of para-hydroxylation sites is 1. The number of morpholine rings is 1. The van der Waals surface area contributed by atoms with Crippen molar-refractivity contribution in [2.45, 2.75) is 6.10 Å². The molecule has 0 bridgehead atoms. The van der Waals surface area contributed by atoms with E-state index in [2.05, 4.69) is 0 Å². The lowest BCUT2D eigenvalue weighted by Crippen LogP contribution is -2.48. The lowest BCUT2D eigenvalue weighted by molar-refractivity contribution is -0.0167. The van der Waals surface area contributed by atoms with Gasteiger partial charge in [-0.3, -0.25) is 4.79 Å². The predicted molar refractivity (Wildman–Crippen MR) is 70.9 cm³/mol. The number of benzene rings is 1. The molecule has 19 heavy (non-hydrogen) atoms. The minimum atomic E-state index is -0.0733. The summed E-state index contributed by atoms with van der Waals surface area (Å²) < 4.78 is 10.9. The van der Waals surface area contributed by atoms with Crippen molar-refractivity contribution < 1.29 is 13.9 Å². The van der Waals surface area contributed by atoms with Gasteiger partial charge in [-0.25, -0.2) is 0 Å². The average Bonchev–Trinajstić information content (AvgIpc) is 2.90. The van der Waals surface area contributed by atoms with E-state index in [4.69, 9.17) is 14.9 Å². The van der Waals surface area contributed by atoms with E-state index < -0.39 is 0 Å². The maximum absolute atomic E-state index is 12.5. The Labute approximate surface area is 110 Å². The van der Waals surface area contributed by atoms with Gasteiger partial charge in [0.05, 0.1) is 18.3 Å². The largest absolute Gasteiger partial charge is 0.463 e. The number of hydrogen-bond donors (Lipinski definition) is 1. The van der Waals surface area contributed by atoms with Crippen LogP contribution < -0.4 is 5.73 Å². The molecule has 1 aliphatic rings. The zero-order chi connectivity index (χ0) is 13.2. The van der Waals surface area contributed by atoms with Gasteiger partial charge in [-0.2, -0.15) is 0 Å². The molecule has 0 unspecified atom stereocenters. The molecule has 2 aromatic rings. The summed E-state index contributed by atoms with van der Waals surface area (Å²) in [5.74, 6) is -0.0216. The highest BCUT2D eigenvalue weighted by Crippen LogP contribution is 2.22. The Morgan fingerprint density at radius 3 is 3.11 bits per heavy atom. The molecule has 3 rings (SSSR count).